The summed E-state index contributed by atoms with van der Waals surface area (Å²) in [4.78, 5) is 0. The highest BCUT2D eigenvalue weighted by Crippen LogP contribution is 2.24. The van der Waals surface area contributed by atoms with E-state index >= 15 is 0 Å². The Morgan fingerprint density at radius 2 is 1.88 bits per heavy atom. The second-order valence-electron chi connectivity index (χ2n) is 3.52. The van der Waals surface area contributed by atoms with Gasteiger partial charge in [0.1, 0.15) is 17.3 Å². The van der Waals surface area contributed by atoms with Crippen molar-refractivity contribution in [2.24, 2.45) is 0 Å². The normalized spacial score (nSPS) is 10.4. The van der Waals surface area contributed by atoms with E-state index in [9.17, 15) is 0 Å². The third-order valence-electron chi connectivity index (χ3n) is 2.39. The second kappa shape index (κ2) is 4.86. The van der Waals surface area contributed by atoms with E-state index in [-0.39, 0.29) is 0 Å². The SMILES string of the molecule is CNCc1ccc(-c2ccc(OC)cc2)o1. The van der Waals surface area contributed by atoms with Gasteiger partial charge in [-0.2, -0.15) is 0 Å². The highest BCUT2D eigenvalue weighted by molar-refractivity contribution is 5.58. The van der Waals surface area contributed by atoms with Gasteiger partial charge in [-0.15, -0.1) is 0 Å². The first-order valence-corrected chi connectivity index (χ1v) is 5.21. The number of ether oxygens (including phenoxy) is 1. The van der Waals surface area contributed by atoms with Crippen molar-refractivity contribution in [3.05, 3.63) is 42.2 Å². The molecule has 0 bridgehead atoms. The Hall–Kier alpha value is -1.74. The molecule has 84 valence electrons. The molecule has 1 heterocycles. The van der Waals surface area contributed by atoms with Crippen molar-refractivity contribution in [3.63, 3.8) is 0 Å². The molecule has 1 N–H and O–H groups in total. The minimum absolute atomic E-state index is 0.746. The molecule has 3 heteroatoms. The van der Waals surface area contributed by atoms with Crippen LogP contribution in [0.2, 0.25) is 0 Å². The zero-order valence-corrected chi connectivity index (χ0v) is 9.49. The number of hydrogen-bond donors (Lipinski definition) is 1. The van der Waals surface area contributed by atoms with E-state index in [0.29, 0.717) is 0 Å². The lowest BCUT2D eigenvalue weighted by Gasteiger charge is -2.00. The quantitative estimate of drug-likeness (QED) is 0.855. The third kappa shape index (κ3) is 2.25. The summed E-state index contributed by atoms with van der Waals surface area (Å²) in [5, 5.41) is 3.05. The molecule has 0 saturated heterocycles. The Morgan fingerprint density at radius 1 is 1.12 bits per heavy atom. The smallest absolute Gasteiger partial charge is 0.134 e. The number of furan rings is 1. The molecule has 1 aromatic heterocycles. The van der Waals surface area contributed by atoms with Crippen molar-refractivity contribution in [1.82, 2.24) is 5.32 Å². The fourth-order valence-corrected chi connectivity index (χ4v) is 1.56. The fraction of sp³-hybridized carbons (Fsp3) is 0.231. The highest BCUT2D eigenvalue weighted by atomic mass is 16.5. The number of methoxy groups -OCH3 is 1. The van der Waals surface area contributed by atoms with Crippen LogP contribution in [0, 0.1) is 0 Å². The van der Waals surface area contributed by atoms with Gasteiger partial charge in [0.25, 0.3) is 0 Å². The number of benzene rings is 1. The predicted octanol–water partition coefficient (Wildman–Crippen LogP) is 2.67. The molecule has 0 atom stereocenters. The first-order chi connectivity index (χ1) is 7.83. The fourth-order valence-electron chi connectivity index (χ4n) is 1.56. The average molecular weight is 217 g/mol. The Balaban J connectivity index is 2.21. The zero-order chi connectivity index (χ0) is 11.4. The van der Waals surface area contributed by atoms with Crippen molar-refractivity contribution < 1.29 is 9.15 Å². The molecule has 3 nitrogen and oxygen atoms in total. The summed E-state index contributed by atoms with van der Waals surface area (Å²) in [5.74, 6) is 2.67. The van der Waals surface area contributed by atoms with Crippen LogP contribution in [-0.2, 0) is 6.54 Å². The van der Waals surface area contributed by atoms with Gasteiger partial charge in [0.2, 0.25) is 0 Å². The lowest BCUT2D eigenvalue weighted by atomic mass is 10.2. The largest absolute Gasteiger partial charge is 0.497 e. The lowest BCUT2D eigenvalue weighted by molar-refractivity contribution is 0.415. The molecule has 0 unspecified atom stereocenters. The van der Waals surface area contributed by atoms with E-state index in [1.165, 1.54) is 0 Å². The van der Waals surface area contributed by atoms with Gasteiger partial charge in [0, 0.05) is 5.56 Å². The van der Waals surface area contributed by atoms with Crippen LogP contribution in [0.5, 0.6) is 5.75 Å². The molecule has 0 amide bonds. The van der Waals surface area contributed by atoms with E-state index in [4.69, 9.17) is 9.15 Å². The Morgan fingerprint density at radius 3 is 2.50 bits per heavy atom. The Labute approximate surface area is 95.0 Å². The Bertz CT molecular complexity index is 445. The summed E-state index contributed by atoms with van der Waals surface area (Å²) in [6, 6.07) is 11.8. The van der Waals surface area contributed by atoms with E-state index in [1.54, 1.807) is 7.11 Å². The maximum absolute atomic E-state index is 5.68. The maximum Gasteiger partial charge on any atom is 0.134 e. The van der Waals surface area contributed by atoms with Gasteiger partial charge in [-0.1, -0.05) is 0 Å². The molecular formula is C13H15NO2. The van der Waals surface area contributed by atoms with Gasteiger partial charge in [-0.05, 0) is 43.4 Å². The van der Waals surface area contributed by atoms with E-state index in [0.717, 1.165) is 29.4 Å². The van der Waals surface area contributed by atoms with Crippen LogP contribution in [0.4, 0.5) is 0 Å². The second-order valence-corrected chi connectivity index (χ2v) is 3.52. The average Bonchev–Trinajstić information content (AvgIpc) is 2.78. The van der Waals surface area contributed by atoms with E-state index in [1.807, 2.05) is 43.4 Å². The molecular weight excluding hydrogens is 202 g/mol. The van der Waals surface area contributed by atoms with Crippen LogP contribution in [0.3, 0.4) is 0 Å². The molecule has 0 aliphatic carbocycles. The molecule has 0 saturated carbocycles. The summed E-state index contributed by atoms with van der Waals surface area (Å²) in [7, 11) is 3.56. The molecule has 0 fully saturated rings. The summed E-state index contributed by atoms with van der Waals surface area (Å²) >= 11 is 0. The van der Waals surface area contributed by atoms with Crippen LogP contribution in [-0.4, -0.2) is 14.2 Å². The topological polar surface area (TPSA) is 34.4 Å². The van der Waals surface area contributed by atoms with Gasteiger partial charge in [-0.25, -0.2) is 0 Å². The monoisotopic (exact) mass is 217 g/mol. The number of hydrogen-bond acceptors (Lipinski definition) is 3. The molecule has 0 aliphatic rings. The summed E-state index contributed by atoms with van der Waals surface area (Å²) in [6.07, 6.45) is 0. The van der Waals surface area contributed by atoms with Crippen molar-refractivity contribution >= 4 is 0 Å². The standard InChI is InChI=1S/C13H15NO2/c1-14-9-12-7-8-13(16-12)10-3-5-11(15-2)6-4-10/h3-8,14H,9H2,1-2H3. The zero-order valence-electron chi connectivity index (χ0n) is 9.49. The third-order valence-corrected chi connectivity index (χ3v) is 2.39. The lowest BCUT2D eigenvalue weighted by Crippen LogP contribution is -2.03. The van der Waals surface area contributed by atoms with Crippen LogP contribution >= 0.6 is 0 Å². The van der Waals surface area contributed by atoms with Gasteiger partial charge in [0.15, 0.2) is 0 Å². The predicted molar refractivity (Wildman–Crippen MR) is 63.5 cm³/mol. The first kappa shape index (κ1) is 10.8. The molecule has 0 spiro atoms. The van der Waals surface area contributed by atoms with Crippen molar-refractivity contribution in [3.8, 4) is 17.1 Å². The molecule has 2 aromatic rings. The van der Waals surface area contributed by atoms with Crippen molar-refractivity contribution in [2.75, 3.05) is 14.2 Å². The minimum atomic E-state index is 0.746. The number of nitrogens with one attached hydrogen (secondary N) is 1. The van der Waals surface area contributed by atoms with Crippen molar-refractivity contribution in [2.45, 2.75) is 6.54 Å². The van der Waals surface area contributed by atoms with Gasteiger partial charge < -0.3 is 14.5 Å². The number of rotatable bonds is 4. The summed E-state index contributed by atoms with van der Waals surface area (Å²) < 4.78 is 10.8. The van der Waals surface area contributed by atoms with E-state index < -0.39 is 0 Å². The maximum atomic E-state index is 5.68. The summed E-state index contributed by atoms with van der Waals surface area (Å²) in [5.41, 5.74) is 1.06. The van der Waals surface area contributed by atoms with Crippen LogP contribution in [0.25, 0.3) is 11.3 Å². The molecule has 0 aliphatic heterocycles. The van der Waals surface area contributed by atoms with Crippen LogP contribution < -0.4 is 10.1 Å². The first-order valence-electron chi connectivity index (χ1n) is 5.21. The van der Waals surface area contributed by atoms with Gasteiger partial charge in [-0.3, -0.25) is 0 Å². The van der Waals surface area contributed by atoms with Crippen molar-refractivity contribution in [1.29, 1.82) is 0 Å². The van der Waals surface area contributed by atoms with Gasteiger partial charge in [0.05, 0.1) is 13.7 Å². The molecule has 1 aromatic carbocycles. The summed E-state index contributed by atoms with van der Waals surface area (Å²) in [6.45, 7) is 0.746. The van der Waals surface area contributed by atoms with Crippen LogP contribution in [0.15, 0.2) is 40.8 Å². The minimum Gasteiger partial charge on any atom is -0.497 e. The molecule has 0 radical (unpaired) electrons. The van der Waals surface area contributed by atoms with Gasteiger partial charge >= 0.3 is 0 Å². The molecule has 16 heavy (non-hydrogen) atoms. The van der Waals surface area contributed by atoms with Crippen LogP contribution in [0.1, 0.15) is 5.76 Å². The molecule has 2 rings (SSSR count). The Kier molecular flexibility index (Phi) is 3.27. The van der Waals surface area contributed by atoms with E-state index in [2.05, 4.69) is 5.32 Å². The highest BCUT2D eigenvalue weighted by Gasteiger charge is 2.04.